The Morgan fingerprint density at radius 1 is 0.971 bits per heavy atom. The van der Waals surface area contributed by atoms with Gasteiger partial charge in [0.25, 0.3) is 5.91 Å². The number of nitrogens with zero attached hydrogens (tertiary/aromatic N) is 1. The highest BCUT2D eigenvalue weighted by molar-refractivity contribution is 7.87. The summed E-state index contributed by atoms with van der Waals surface area (Å²) in [6.45, 7) is 0. The summed E-state index contributed by atoms with van der Waals surface area (Å²) in [5, 5.41) is 6.14. The molecule has 1 saturated carbocycles. The third-order valence-electron chi connectivity index (χ3n) is 5.80. The van der Waals surface area contributed by atoms with Crippen LogP contribution in [0.5, 0.6) is 5.75 Å². The van der Waals surface area contributed by atoms with Crippen LogP contribution in [0.25, 0.3) is 11.0 Å². The van der Waals surface area contributed by atoms with Gasteiger partial charge in [0, 0.05) is 23.4 Å². The molecule has 9 heteroatoms. The van der Waals surface area contributed by atoms with Gasteiger partial charge in [-0.15, -0.1) is 0 Å². The van der Waals surface area contributed by atoms with E-state index in [-0.39, 0.29) is 22.5 Å². The normalized spacial score (nSPS) is 14.2. The van der Waals surface area contributed by atoms with E-state index in [4.69, 9.17) is 4.18 Å². The van der Waals surface area contributed by atoms with E-state index in [2.05, 4.69) is 20.6 Å². The lowest BCUT2D eigenvalue weighted by molar-refractivity contribution is 0.102. The second-order valence-electron chi connectivity index (χ2n) is 8.27. The fourth-order valence-corrected chi connectivity index (χ4v) is 4.99. The van der Waals surface area contributed by atoms with Gasteiger partial charge in [-0.2, -0.15) is 8.42 Å². The topological polar surface area (TPSA) is 113 Å². The Morgan fingerprint density at radius 2 is 1.71 bits per heavy atom. The van der Waals surface area contributed by atoms with Crippen LogP contribution in [0.15, 0.2) is 77.7 Å². The molecule has 3 N–H and O–H groups in total. The second-order valence-corrected chi connectivity index (χ2v) is 9.82. The molecule has 5 rings (SSSR count). The van der Waals surface area contributed by atoms with E-state index in [9.17, 15) is 13.2 Å². The number of hydrogen-bond donors (Lipinski definition) is 3. The molecule has 34 heavy (non-hydrogen) atoms. The summed E-state index contributed by atoms with van der Waals surface area (Å²) in [6.07, 6.45) is 4.71. The molecule has 0 aliphatic heterocycles. The number of carbonyl (C=O) groups excluding carboxylic acids is 1. The highest BCUT2D eigenvalue weighted by Crippen LogP contribution is 2.26. The number of amides is 1. The molecule has 3 aromatic carbocycles. The van der Waals surface area contributed by atoms with E-state index < -0.39 is 10.1 Å². The first-order chi connectivity index (χ1) is 16.5. The van der Waals surface area contributed by atoms with Gasteiger partial charge in [0.2, 0.25) is 5.95 Å². The number of aromatic amines is 1. The summed E-state index contributed by atoms with van der Waals surface area (Å²) < 4.78 is 30.9. The molecule has 1 amide bonds. The van der Waals surface area contributed by atoms with Gasteiger partial charge in [0.1, 0.15) is 10.6 Å². The summed E-state index contributed by atoms with van der Waals surface area (Å²) in [6, 6.07) is 20.5. The molecule has 1 aliphatic rings. The average molecular weight is 477 g/mol. The maximum Gasteiger partial charge on any atom is 0.339 e. The lowest BCUT2D eigenvalue weighted by Crippen LogP contribution is -2.14. The zero-order valence-corrected chi connectivity index (χ0v) is 19.1. The number of hydrogen-bond acceptors (Lipinski definition) is 6. The van der Waals surface area contributed by atoms with Gasteiger partial charge in [-0.3, -0.25) is 10.1 Å². The second kappa shape index (κ2) is 9.18. The third-order valence-corrected chi connectivity index (χ3v) is 7.06. The molecular weight excluding hydrogens is 452 g/mol. The van der Waals surface area contributed by atoms with Crippen LogP contribution in [0.1, 0.15) is 36.0 Å². The van der Waals surface area contributed by atoms with E-state index in [0.717, 1.165) is 18.5 Å². The molecule has 0 spiro atoms. The Labute approximate surface area is 197 Å². The van der Waals surface area contributed by atoms with Crippen molar-refractivity contribution in [1.29, 1.82) is 0 Å². The predicted octanol–water partition coefficient (Wildman–Crippen LogP) is 4.94. The van der Waals surface area contributed by atoms with Crippen molar-refractivity contribution < 1.29 is 17.4 Å². The number of rotatable bonds is 7. The van der Waals surface area contributed by atoms with Crippen molar-refractivity contribution in [1.82, 2.24) is 9.97 Å². The summed E-state index contributed by atoms with van der Waals surface area (Å²) in [4.78, 5) is 19.7. The van der Waals surface area contributed by atoms with Crippen LogP contribution in [0, 0.1) is 0 Å². The molecule has 0 unspecified atom stereocenters. The lowest BCUT2D eigenvalue weighted by Gasteiger charge is -2.14. The molecule has 1 fully saturated rings. The number of benzene rings is 3. The van der Waals surface area contributed by atoms with Gasteiger partial charge in [-0.05, 0) is 61.4 Å². The molecule has 0 saturated heterocycles. The first-order valence-corrected chi connectivity index (χ1v) is 12.5. The van der Waals surface area contributed by atoms with E-state index in [0.29, 0.717) is 22.6 Å². The Morgan fingerprint density at radius 3 is 2.44 bits per heavy atom. The highest BCUT2D eigenvalue weighted by atomic mass is 32.2. The largest absolute Gasteiger partial charge is 0.382 e. The number of nitrogens with one attached hydrogen (secondary N) is 3. The van der Waals surface area contributed by atoms with Crippen LogP contribution in [0.3, 0.4) is 0 Å². The average Bonchev–Trinajstić information content (AvgIpc) is 3.49. The molecule has 0 radical (unpaired) electrons. The summed E-state index contributed by atoms with van der Waals surface area (Å²) in [5.41, 5.74) is 2.50. The smallest absolute Gasteiger partial charge is 0.339 e. The molecule has 174 valence electrons. The number of carbonyl (C=O) groups is 1. The van der Waals surface area contributed by atoms with Gasteiger partial charge in [0.05, 0.1) is 11.0 Å². The van der Waals surface area contributed by atoms with E-state index in [1.807, 2.05) is 6.07 Å². The Balaban J connectivity index is 1.28. The minimum atomic E-state index is -4.01. The van der Waals surface area contributed by atoms with Crippen molar-refractivity contribution in [3.63, 3.8) is 0 Å². The van der Waals surface area contributed by atoms with E-state index >= 15 is 0 Å². The first kappa shape index (κ1) is 22.0. The summed E-state index contributed by atoms with van der Waals surface area (Å²) in [5.74, 6) is 0.0897. The van der Waals surface area contributed by atoms with Crippen molar-refractivity contribution in [2.24, 2.45) is 0 Å². The number of H-pyrrole nitrogens is 1. The van der Waals surface area contributed by atoms with Gasteiger partial charge >= 0.3 is 10.1 Å². The van der Waals surface area contributed by atoms with Crippen LogP contribution in [-0.2, 0) is 10.1 Å². The molecular formula is C25H24N4O4S. The fourth-order valence-electron chi connectivity index (χ4n) is 4.06. The van der Waals surface area contributed by atoms with E-state index in [1.54, 1.807) is 42.5 Å². The third kappa shape index (κ3) is 4.89. The minimum Gasteiger partial charge on any atom is -0.382 e. The maximum absolute atomic E-state index is 12.8. The van der Waals surface area contributed by atoms with Gasteiger partial charge in [0.15, 0.2) is 0 Å². The molecule has 0 atom stereocenters. The van der Waals surface area contributed by atoms with Crippen molar-refractivity contribution in [2.45, 2.75) is 36.6 Å². The van der Waals surface area contributed by atoms with Crippen LogP contribution in [0.2, 0.25) is 0 Å². The predicted molar refractivity (Wildman–Crippen MR) is 131 cm³/mol. The fraction of sp³-hybridized carbons (Fsp3) is 0.200. The number of aromatic nitrogens is 2. The van der Waals surface area contributed by atoms with Gasteiger partial charge in [-0.25, -0.2) is 4.98 Å². The molecule has 8 nitrogen and oxygen atoms in total. The monoisotopic (exact) mass is 476 g/mol. The molecule has 1 aliphatic carbocycles. The molecule has 0 bridgehead atoms. The Kier molecular flexibility index (Phi) is 5.93. The summed E-state index contributed by atoms with van der Waals surface area (Å²) >= 11 is 0. The maximum atomic E-state index is 12.8. The Bertz CT molecular complexity index is 1410. The van der Waals surface area contributed by atoms with Crippen LogP contribution in [0.4, 0.5) is 11.6 Å². The van der Waals surface area contributed by atoms with Gasteiger partial charge < -0.3 is 14.5 Å². The van der Waals surface area contributed by atoms with E-state index in [1.165, 1.54) is 37.1 Å². The zero-order chi connectivity index (χ0) is 23.5. The first-order valence-electron chi connectivity index (χ1n) is 11.1. The number of fused-ring (bicyclic) bond motifs is 1. The van der Waals surface area contributed by atoms with Crippen LogP contribution >= 0.6 is 0 Å². The standard InChI is InChI=1S/C25H24N4O4S/c30-24(17-6-2-1-3-7-17)29-25-27-22-15-12-20(16-23(22)28-25)33-34(31,32)21-13-10-19(11-14-21)26-18-8-4-5-9-18/h1-3,6-7,10-16,18,26H,4-5,8-9H2,(H2,27,28,29,30). The molecule has 1 aromatic heterocycles. The minimum absolute atomic E-state index is 0.0717. The van der Waals surface area contributed by atoms with Crippen molar-refractivity contribution in [3.8, 4) is 5.75 Å². The SMILES string of the molecule is O=C(Nc1nc2cc(OS(=O)(=O)c3ccc(NC4CCCC4)cc3)ccc2[nH]1)c1ccccc1. The van der Waals surface area contributed by atoms with Gasteiger partial charge in [-0.1, -0.05) is 31.0 Å². The lowest BCUT2D eigenvalue weighted by atomic mass is 10.2. The zero-order valence-electron chi connectivity index (χ0n) is 18.3. The quantitative estimate of drug-likeness (QED) is 0.326. The van der Waals surface area contributed by atoms with Crippen molar-refractivity contribution in [3.05, 3.63) is 78.4 Å². The Hall–Kier alpha value is -3.85. The molecule has 1 heterocycles. The van der Waals surface area contributed by atoms with Crippen LogP contribution < -0.4 is 14.8 Å². The van der Waals surface area contributed by atoms with Crippen molar-refractivity contribution in [2.75, 3.05) is 10.6 Å². The number of anilines is 2. The summed E-state index contributed by atoms with van der Waals surface area (Å²) in [7, 11) is -4.01. The highest BCUT2D eigenvalue weighted by Gasteiger charge is 2.19. The van der Waals surface area contributed by atoms with Crippen LogP contribution in [-0.4, -0.2) is 30.3 Å². The van der Waals surface area contributed by atoms with Crippen molar-refractivity contribution >= 4 is 38.7 Å². The number of imidazole rings is 1. The molecule has 4 aromatic rings.